The van der Waals surface area contributed by atoms with Gasteiger partial charge in [0, 0.05) is 0 Å². The van der Waals surface area contributed by atoms with E-state index >= 15 is 0 Å². The summed E-state index contributed by atoms with van der Waals surface area (Å²) in [5, 5.41) is 25.4. The molecule has 0 aliphatic carbocycles. The minimum atomic E-state index is -0.496. The predicted molar refractivity (Wildman–Crippen MR) is 66.2 cm³/mol. The van der Waals surface area contributed by atoms with Crippen molar-refractivity contribution in [2.75, 3.05) is 20.6 Å². The molecular formula is C13H19FN2O2. The summed E-state index contributed by atoms with van der Waals surface area (Å²) in [6.45, 7) is 2.23. The van der Waals surface area contributed by atoms with Gasteiger partial charge in [-0.15, -0.1) is 0 Å². The molecule has 5 heteroatoms. The molecule has 0 heterocycles. The van der Waals surface area contributed by atoms with Crippen molar-refractivity contribution >= 4 is 5.90 Å². The quantitative estimate of drug-likeness (QED) is 0.364. The number of hydrogen-bond acceptors (Lipinski definition) is 3. The van der Waals surface area contributed by atoms with Gasteiger partial charge in [-0.05, 0) is 24.1 Å². The summed E-state index contributed by atoms with van der Waals surface area (Å²) in [4.78, 5) is 0. The fraction of sp³-hybridized carbons (Fsp3) is 0.462. The second kappa shape index (κ2) is 5.93. The van der Waals surface area contributed by atoms with Crippen LogP contribution in [0.3, 0.4) is 0 Å². The predicted octanol–water partition coefficient (Wildman–Crippen LogP) is 0.695. The Morgan fingerprint density at radius 3 is 2.44 bits per heavy atom. The zero-order chi connectivity index (χ0) is 13.8. The van der Waals surface area contributed by atoms with Gasteiger partial charge in [0.1, 0.15) is 18.5 Å². The Labute approximate surface area is 107 Å². The normalized spacial score (nSPS) is 14.6. The molecule has 0 spiro atoms. The molecule has 1 unspecified atom stereocenters. The van der Waals surface area contributed by atoms with Crippen LogP contribution >= 0.6 is 0 Å². The van der Waals surface area contributed by atoms with Crippen molar-refractivity contribution in [2.24, 2.45) is 5.10 Å². The topological polar surface area (TPSA) is 55.7 Å². The van der Waals surface area contributed by atoms with Crippen molar-refractivity contribution in [1.82, 2.24) is 0 Å². The second-order valence-corrected chi connectivity index (χ2v) is 4.78. The fourth-order valence-electron chi connectivity index (χ4n) is 1.58. The van der Waals surface area contributed by atoms with Crippen molar-refractivity contribution in [3.63, 3.8) is 0 Å². The number of rotatable bonds is 5. The first-order valence-electron chi connectivity index (χ1n) is 5.88. The number of aliphatic hydroxyl groups is 1. The van der Waals surface area contributed by atoms with E-state index in [4.69, 9.17) is 0 Å². The molecule has 0 saturated carbocycles. The third-order valence-electron chi connectivity index (χ3n) is 2.58. The first kappa shape index (κ1) is 14.6. The monoisotopic (exact) mass is 254 g/mol. The van der Waals surface area contributed by atoms with Crippen LogP contribution < -0.4 is 5.11 Å². The van der Waals surface area contributed by atoms with Gasteiger partial charge in [-0.1, -0.05) is 24.2 Å². The van der Waals surface area contributed by atoms with Gasteiger partial charge in [-0.3, -0.25) is 0 Å². The van der Waals surface area contributed by atoms with Crippen molar-refractivity contribution in [3.8, 4) is 0 Å². The lowest BCUT2D eigenvalue weighted by Gasteiger charge is -2.27. The van der Waals surface area contributed by atoms with Crippen molar-refractivity contribution < 1.29 is 19.2 Å². The molecule has 0 saturated heterocycles. The molecule has 0 radical (unpaired) electrons. The van der Waals surface area contributed by atoms with Gasteiger partial charge in [0.25, 0.3) is 0 Å². The van der Waals surface area contributed by atoms with E-state index in [2.05, 4.69) is 5.10 Å². The highest BCUT2D eigenvalue weighted by Crippen LogP contribution is 2.07. The van der Waals surface area contributed by atoms with E-state index in [1.165, 1.54) is 24.3 Å². The number of halogens is 1. The van der Waals surface area contributed by atoms with Crippen LogP contribution in [0, 0.1) is 5.82 Å². The molecule has 18 heavy (non-hydrogen) atoms. The van der Waals surface area contributed by atoms with E-state index in [9.17, 15) is 14.6 Å². The summed E-state index contributed by atoms with van der Waals surface area (Å²) in [5.74, 6) is -0.801. The number of nitrogens with zero attached hydrogens (tertiary/aromatic N) is 2. The molecule has 0 fully saturated rings. The summed E-state index contributed by atoms with van der Waals surface area (Å²) >= 11 is 0. The van der Waals surface area contributed by atoms with Gasteiger partial charge in [0.05, 0.1) is 20.0 Å². The zero-order valence-electron chi connectivity index (χ0n) is 10.9. The lowest BCUT2D eigenvalue weighted by Crippen LogP contribution is -2.42. The average Bonchev–Trinajstić information content (AvgIpc) is 2.28. The van der Waals surface area contributed by atoms with Gasteiger partial charge in [-0.2, -0.15) is 0 Å². The van der Waals surface area contributed by atoms with Gasteiger partial charge in [-0.25, -0.2) is 8.98 Å². The third-order valence-corrected chi connectivity index (χ3v) is 2.58. The van der Waals surface area contributed by atoms with Crippen LogP contribution in [-0.2, 0) is 0 Å². The van der Waals surface area contributed by atoms with Crippen molar-refractivity contribution in [1.29, 1.82) is 0 Å². The van der Waals surface area contributed by atoms with Crippen LogP contribution in [0.2, 0.25) is 0 Å². The van der Waals surface area contributed by atoms with Crippen LogP contribution in [-0.4, -0.2) is 42.3 Å². The van der Waals surface area contributed by atoms with E-state index in [1.54, 1.807) is 14.1 Å². The molecule has 100 valence electrons. The van der Waals surface area contributed by atoms with E-state index in [0.717, 1.165) is 0 Å². The molecule has 0 aliphatic rings. The van der Waals surface area contributed by atoms with Gasteiger partial charge in [0.2, 0.25) is 0 Å². The van der Waals surface area contributed by atoms with E-state index in [-0.39, 0.29) is 10.4 Å². The number of aliphatic hydroxyl groups excluding tert-OH is 1. The Balaban J connectivity index is 2.84. The summed E-state index contributed by atoms with van der Waals surface area (Å²) in [6.07, 6.45) is 0.117. The van der Waals surface area contributed by atoms with Crippen molar-refractivity contribution in [3.05, 3.63) is 35.6 Å². The summed E-state index contributed by atoms with van der Waals surface area (Å²) in [7, 11) is 3.47. The molecule has 1 aromatic carbocycles. The first-order chi connectivity index (χ1) is 8.34. The Hall–Kier alpha value is -1.46. The Morgan fingerprint density at radius 2 is 1.94 bits per heavy atom. The molecule has 1 aromatic rings. The maximum atomic E-state index is 12.7. The van der Waals surface area contributed by atoms with Crippen LogP contribution in [0.5, 0.6) is 0 Å². The molecule has 1 atom stereocenters. The van der Waals surface area contributed by atoms with Gasteiger partial charge in [0.15, 0.2) is 0 Å². The van der Waals surface area contributed by atoms with Crippen LogP contribution in [0.1, 0.15) is 18.9 Å². The van der Waals surface area contributed by atoms with E-state index in [0.29, 0.717) is 18.5 Å². The lowest BCUT2D eigenvalue weighted by atomic mass is 10.2. The maximum absolute atomic E-state index is 12.7. The zero-order valence-corrected chi connectivity index (χ0v) is 10.9. The van der Waals surface area contributed by atoms with E-state index < -0.39 is 12.0 Å². The minimum absolute atomic E-state index is 0.0468. The number of quaternary nitrogens is 1. The number of benzene rings is 1. The molecule has 0 aromatic heterocycles. The highest BCUT2D eigenvalue weighted by molar-refractivity contribution is 5.89. The summed E-state index contributed by atoms with van der Waals surface area (Å²) < 4.78 is 12.8. The Kier molecular flexibility index (Phi) is 4.81. The molecule has 4 nitrogen and oxygen atoms in total. The Bertz CT molecular complexity index is 416. The van der Waals surface area contributed by atoms with Crippen molar-refractivity contribution in [2.45, 2.75) is 19.4 Å². The lowest BCUT2D eigenvalue weighted by molar-refractivity contribution is -0.901. The molecule has 0 bridgehead atoms. The average molecular weight is 254 g/mol. The highest BCUT2D eigenvalue weighted by Gasteiger charge is 2.19. The Morgan fingerprint density at radius 1 is 1.39 bits per heavy atom. The minimum Gasteiger partial charge on any atom is -0.855 e. The SMILES string of the molecule is CCC(O)C[N+](C)(C)/N=C(\[O-])c1ccc(F)cc1. The van der Waals surface area contributed by atoms with Crippen LogP contribution in [0.15, 0.2) is 29.4 Å². The standard InChI is InChI=1S/C13H19FN2O2/c1-4-12(17)9-16(2,3)15-13(18)10-5-7-11(14)8-6-10/h5-8,12,17H,4,9H2,1-3H3. The molecule has 1 N–H and O–H groups in total. The summed E-state index contributed by atoms with van der Waals surface area (Å²) in [5.41, 5.74) is 0.341. The molecule has 1 rings (SSSR count). The maximum Gasteiger partial charge on any atom is 0.129 e. The van der Waals surface area contributed by atoms with E-state index in [1.807, 2.05) is 6.92 Å². The number of hydrogen-bond donors (Lipinski definition) is 1. The van der Waals surface area contributed by atoms with Gasteiger partial charge >= 0.3 is 0 Å². The van der Waals surface area contributed by atoms with Crippen LogP contribution in [0.25, 0.3) is 0 Å². The third kappa shape index (κ3) is 4.43. The highest BCUT2D eigenvalue weighted by atomic mass is 19.1. The smallest absolute Gasteiger partial charge is 0.129 e. The first-order valence-corrected chi connectivity index (χ1v) is 5.88. The van der Waals surface area contributed by atoms with Crippen LogP contribution in [0.4, 0.5) is 4.39 Å². The summed E-state index contributed by atoms with van der Waals surface area (Å²) in [6, 6.07) is 5.25. The fourth-order valence-corrected chi connectivity index (χ4v) is 1.58. The largest absolute Gasteiger partial charge is 0.855 e. The second-order valence-electron chi connectivity index (χ2n) is 4.78. The van der Waals surface area contributed by atoms with Gasteiger partial charge < -0.3 is 10.2 Å². The molecule has 0 amide bonds. The number of likely N-dealkylation sites (N-methyl/N-ethyl adjacent to an activating group) is 1. The molecule has 0 aliphatic heterocycles. The molecular weight excluding hydrogens is 235 g/mol.